The molecule has 7 nitrogen and oxygen atoms in total. The molecule has 25 heavy (non-hydrogen) atoms. The number of alkyl carbamates (subject to hydrolysis) is 1. The van der Waals surface area contributed by atoms with Crippen LogP contribution in [0.25, 0.3) is 6.08 Å². The highest BCUT2D eigenvalue weighted by Gasteiger charge is 2.31. The lowest BCUT2D eigenvalue weighted by Crippen LogP contribution is -2.52. The fourth-order valence-electron chi connectivity index (χ4n) is 2.02. The van der Waals surface area contributed by atoms with Gasteiger partial charge in [0.05, 0.1) is 12.6 Å². The van der Waals surface area contributed by atoms with Gasteiger partial charge >= 0.3 is 6.09 Å². The fraction of sp³-hybridized carbons (Fsp3) is 0.500. The molecule has 0 aliphatic rings. The first-order valence-corrected chi connectivity index (χ1v) is 8.02. The normalized spacial score (nSPS) is 16.9. The lowest BCUT2D eigenvalue weighted by atomic mass is 10.00. The average Bonchev–Trinajstić information content (AvgIpc) is 2.55. The SMILES string of the molecule is CC(C)(C)OC(=O)N[C@H](C=Cc1ccccc1)[C@@H](O)[C@H](O)[C@H](O)CO. The first-order valence-electron chi connectivity index (χ1n) is 8.02. The van der Waals surface area contributed by atoms with E-state index < -0.39 is 42.7 Å². The van der Waals surface area contributed by atoms with Crippen molar-refractivity contribution in [1.82, 2.24) is 5.32 Å². The molecule has 1 amide bonds. The maximum atomic E-state index is 12.0. The molecule has 0 saturated carbocycles. The minimum absolute atomic E-state index is 0.722. The first kappa shape index (κ1) is 21.1. The number of aliphatic hydroxyl groups excluding tert-OH is 4. The molecule has 1 aromatic rings. The smallest absolute Gasteiger partial charge is 0.408 e. The Balaban J connectivity index is 2.93. The van der Waals surface area contributed by atoms with Gasteiger partial charge in [0.2, 0.25) is 0 Å². The third kappa shape index (κ3) is 7.66. The lowest BCUT2D eigenvalue weighted by Gasteiger charge is -2.29. The fourth-order valence-corrected chi connectivity index (χ4v) is 2.02. The molecule has 0 aliphatic carbocycles. The molecule has 0 unspecified atom stereocenters. The Hall–Kier alpha value is -1.93. The van der Waals surface area contributed by atoms with Gasteiger partial charge in [0.1, 0.15) is 23.9 Å². The Morgan fingerprint density at radius 1 is 1.16 bits per heavy atom. The topological polar surface area (TPSA) is 119 Å². The minimum Gasteiger partial charge on any atom is -0.444 e. The van der Waals surface area contributed by atoms with Crippen LogP contribution in [0.2, 0.25) is 0 Å². The zero-order valence-electron chi connectivity index (χ0n) is 14.7. The van der Waals surface area contributed by atoms with Crippen molar-refractivity contribution in [2.24, 2.45) is 0 Å². The van der Waals surface area contributed by atoms with E-state index in [4.69, 9.17) is 9.84 Å². The molecule has 4 atom stereocenters. The van der Waals surface area contributed by atoms with Crippen molar-refractivity contribution >= 4 is 12.2 Å². The highest BCUT2D eigenvalue weighted by atomic mass is 16.6. The van der Waals surface area contributed by atoms with Crippen LogP contribution < -0.4 is 5.32 Å². The molecule has 1 rings (SSSR count). The van der Waals surface area contributed by atoms with Crippen molar-refractivity contribution < 1.29 is 30.0 Å². The van der Waals surface area contributed by atoms with Gasteiger partial charge in [-0.2, -0.15) is 0 Å². The Labute approximate surface area is 147 Å². The first-order chi connectivity index (χ1) is 11.6. The molecule has 0 fully saturated rings. The number of amides is 1. The van der Waals surface area contributed by atoms with Crippen LogP contribution in [0.1, 0.15) is 26.3 Å². The van der Waals surface area contributed by atoms with E-state index in [-0.39, 0.29) is 0 Å². The molecule has 0 saturated heterocycles. The summed E-state index contributed by atoms with van der Waals surface area (Å²) in [4.78, 5) is 12.0. The highest BCUT2D eigenvalue weighted by Crippen LogP contribution is 2.12. The molecule has 7 heteroatoms. The van der Waals surface area contributed by atoms with E-state index in [1.807, 2.05) is 30.3 Å². The summed E-state index contributed by atoms with van der Waals surface area (Å²) in [5.74, 6) is 0. The largest absolute Gasteiger partial charge is 0.444 e. The quantitative estimate of drug-likeness (QED) is 0.491. The molecule has 0 spiro atoms. The molecular formula is C18H27NO6. The molecule has 1 aromatic carbocycles. The van der Waals surface area contributed by atoms with Crippen molar-refractivity contribution in [1.29, 1.82) is 0 Å². The summed E-state index contributed by atoms with van der Waals surface area (Å²) >= 11 is 0. The van der Waals surface area contributed by atoms with Gasteiger partial charge in [-0.25, -0.2) is 4.79 Å². The summed E-state index contributed by atoms with van der Waals surface area (Å²) < 4.78 is 5.15. The Bertz CT molecular complexity index is 554. The van der Waals surface area contributed by atoms with E-state index in [9.17, 15) is 20.1 Å². The number of benzene rings is 1. The van der Waals surface area contributed by atoms with Crippen LogP contribution >= 0.6 is 0 Å². The predicted octanol–water partition coefficient (Wildman–Crippen LogP) is 0.668. The third-order valence-electron chi connectivity index (χ3n) is 3.28. The van der Waals surface area contributed by atoms with Gasteiger partial charge in [-0.3, -0.25) is 0 Å². The van der Waals surface area contributed by atoms with Crippen LogP contribution in [0.3, 0.4) is 0 Å². The minimum atomic E-state index is -1.65. The van der Waals surface area contributed by atoms with E-state index in [0.717, 1.165) is 5.56 Å². The number of carbonyl (C=O) groups excluding carboxylic acids is 1. The lowest BCUT2D eigenvalue weighted by molar-refractivity contribution is -0.0823. The zero-order valence-corrected chi connectivity index (χ0v) is 14.7. The van der Waals surface area contributed by atoms with Crippen molar-refractivity contribution in [3.63, 3.8) is 0 Å². The van der Waals surface area contributed by atoms with Crippen LogP contribution in [-0.4, -0.2) is 63.1 Å². The van der Waals surface area contributed by atoms with E-state index in [0.29, 0.717) is 0 Å². The van der Waals surface area contributed by atoms with Crippen LogP contribution in [0.5, 0.6) is 0 Å². The Morgan fingerprint density at radius 2 is 1.76 bits per heavy atom. The Kier molecular flexibility index (Phi) is 8.05. The third-order valence-corrected chi connectivity index (χ3v) is 3.28. The van der Waals surface area contributed by atoms with Gasteiger partial charge in [-0.05, 0) is 26.3 Å². The Morgan fingerprint density at radius 3 is 2.28 bits per heavy atom. The number of ether oxygens (including phenoxy) is 1. The van der Waals surface area contributed by atoms with Crippen molar-refractivity contribution in [3.8, 4) is 0 Å². The van der Waals surface area contributed by atoms with Crippen molar-refractivity contribution in [3.05, 3.63) is 42.0 Å². The van der Waals surface area contributed by atoms with Crippen molar-refractivity contribution in [2.45, 2.75) is 50.7 Å². The predicted molar refractivity (Wildman–Crippen MR) is 93.7 cm³/mol. The summed E-state index contributed by atoms with van der Waals surface area (Å²) in [6.07, 6.45) is -2.37. The van der Waals surface area contributed by atoms with Crippen LogP contribution in [0.4, 0.5) is 4.79 Å². The van der Waals surface area contributed by atoms with Gasteiger partial charge in [0, 0.05) is 0 Å². The van der Waals surface area contributed by atoms with Crippen molar-refractivity contribution in [2.75, 3.05) is 6.61 Å². The molecule has 0 radical (unpaired) electrons. The second-order valence-electron chi connectivity index (χ2n) is 6.67. The van der Waals surface area contributed by atoms with Crippen LogP contribution in [-0.2, 0) is 4.74 Å². The number of aliphatic hydroxyl groups is 4. The summed E-state index contributed by atoms with van der Waals surface area (Å²) in [6.45, 7) is 4.37. The van der Waals surface area contributed by atoms with E-state index in [2.05, 4.69) is 5.32 Å². The van der Waals surface area contributed by atoms with Gasteiger partial charge in [0.25, 0.3) is 0 Å². The number of carbonyl (C=O) groups is 1. The summed E-state index contributed by atoms with van der Waals surface area (Å²) in [5.41, 5.74) is 0.0919. The zero-order chi connectivity index (χ0) is 19.0. The van der Waals surface area contributed by atoms with Gasteiger partial charge in [0.15, 0.2) is 0 Å². The number of nitrogens with one attached hydrogen (secondary N) is 1. The number of rotatable bonds is 7. The van der Waals surface area contributed by atoms with E-state index in [1.54, 1.807) is 26.8 Å². The summed E-state index contributed by atoms with van der Waals surface area (Å²) in [5, 5.41) is 41.1. The molecule has 5 N–H and O–H groups in total. The maximum absolute atomic E-state index is 12.0. The standard InChI is InChI=1S/C18H27NO6/c1-18(2,3)25-17(24)19-13(15(22)16(23)14(21)11-20)10-9-12-7-5-4-6-8-12/h4-10,13-16,20-23H,11H2,1-3H3,(H,19,24)/t13-,14-,15-,16-/m1/s1. The summed E-state index contributed by atoms with van der Waals surface area (Å²) in [6, 6.07) is 8.13. The summed E-state index contributed by atoms with van der Waals surface area (Å²) in [7, 11) is 0. The molecule has 0 bridgehead atoms. The van der Waals surface area contributed by atoms with Gasteiger partial charge in [-0.15, -0.1) is 0 Å². The van der Waals surface area contributed by atoms with Crippen LogP contribution in [0, 0.1) is 0 Å². The highest BCUT2D eigenvalue weighted by molar-refractivity contribution is 5.69. The van der Waals surface area contributed by atoms with E-state index in [1.165, 1.54) is 6.08 Å². The van der Waals surface area contributed by atoms with E-state index >= 15 is 0 Å². The monoisotopic (exact) mass is 353 g/mol. The second-order valence-corrected chi connectivity index (χ2v) is 6.67. The molecule has 140 valence electrons. The molecule has 0 aromatic heterocycles. The molecule has 0 aliphatic heterocycles. The van der Waals surface area contributed by atoms with Gasteiger partial charge < -0.3 is 30.5 Å². The number of hydrogen-bond donors (Lipinski definition) is 5. The molecular weight excluding hydrogens is 326 g/mol. The maximum Gasteiger partial charge on any atom is 0.408 e. The second kappa shape index (κ2) is 9.53. The van der Waals surface area contributed by atoms with Crippen LogP contribution in [0.15, 0.2) is 36.4 Å². The molecule has 0 heterocycles. The average molecular weight is 353 g/mol. The van der Waals surface area contributed by atoms with Gasteiger partial charge in [-0.1, -0.05) is 42.5 Å². The number of hydrogen-bond acceptors (Lipinski definition) is 6.